The summed E-state index contributed by atoms with van der Waals surface area (Å²) in [6, 6.07) is -0.0266. The quantitative estimate of drug-likeness (QED) is 0.0509. The molecule has 0 aromatic heterocycles. The molecule has 2 unspecified atom stereocenters. The Hall–Kier alpha value is -3.49. The maximum absolute atomic E-state index is 13.1. The summed E-state index contributed by atoms with van der Waals surface area (Å²) in [6.45, 7) is 13.6. The van der Waals surface area contributed by atoms with Crippen LogP contribution in [0.2, 0.25) is 0 Å². The predicted octanol–water partition coefficient (Wildman–Crippen LogP) is 10.1. The van der Waals surface area contributed by atoms with Crippen LogP contribution < -0.4 is 5.32 Å². The van der Waals surface area contributed by atoms with Crippen molar-refractivity contribution in [1.29, 1.82) is 0 Å². The van der Waals surface area contributed by atoms with Gasteiger partial charge in [0.25, 0.3) is 0 Å². The zero-order valence-corrected chi connectivity index (χ0v) is 36.8. The molecule has 0 bridgehead atoms. The van der Waals surface area contributed by atoms with E-state index in [0.717, 1.165) is 57.8 Å². The highest BCUT2D eigenvalue weighted by Gasteiger charge is 2.43. The standard InChI is InChI=1S/C50H78N2O6/c1-7-9-10-11-12-13-14-15-16-17-18-19-20-21-22-23-24-25-47(56)52-32-30-41(31-33-52)51-46(55)37-43(54)36-42(53)28-29-44-39(4)26-27-40-34-38(3)35-45(48(40)44)58-49(57)50(5,6)8-2/h9-10,12-13,15-16,18-19,21-22,26-27,34,38-39,41-45,48,53-54H,7-8,11,14,17,20,23-25,28-33,35-37H2,1-6H3,(H,51,55)/t38-,39-,42-,43+,44-,45?,48?/m0/s1. The molecule has 3 N–H and O–H groups in total. The van der Waals surface area contributed by atoms with E-state index in [1.165, 1.54) is 5.57 Å². The van der Waals surface area contributed by atoms with Gasteiger partial charge in [-0.25, -0.2) is 0 Å². The minimum atomic E-state index is -0.945. The van der Waals surface area contributed by atoms with Crippen molar-refractivity contribution in [3.05, 3.63) is 84.6 Å². The van der Waals surface area contributed by atoms with Gasteiger partial charge in [0.1, 0.15) is 6.10 Å². The van der Waals surface area contributed by atoms with Gasteiger partial charge in [-0.3, -0.25) is 14.4 Å². The molecule has 8 heteroatoms. The fourth-order valence-corrected chi connectivity index (χ4v) is 8.23. The largest absolute Gasteiger partial charge is 0.461 e. The van der Waals surface area contributed by atoms with Crippen molar-refractivity contribution < 1.29 is 29.3 Å². The molecule has 0 saturated carbocycles. The van der Waals surface area contributed by atoms with Gasteiger partial charge in [-0.15, -0.1) is 0 Å². The van der Waals surface area contributed by atoms with Gasteiger partial charge in [0, 0.05) is 31.5 Å². The maximum Gasteiger partial charge on any atom is 0.311 e. The highest BCUT2D eigenvalue weighted by molar-refractivity contribution is 5.77. The lowest BCUT2D eigenvalue weighted by atomic mass is 9.65. The highest BCUT2D eigenvalue weighted by atomic mass is 16.5. The number of likely N-dealkylation sites (tertiary alicyclic amines) is 1. The van der Waals surface area contributed by atoms with Crippen LogP contribution in [-0.4, -0.2) is 70.3 Å². The molecule has 1 fully saturated rings. The van der Waals surface area contributed by atoms with Gasteiger partial charge in [0.05, 0.1) is 24.0 Å². The number of nitrogens with zero attached hydrogens (tertiary/aromatic N) is 1. The van der Waals surface area contributed by atoms with Gasteiger partial charge in [0.15, 0.2) is 0 Å². The molecule has 1 saturated heterocycles. The summed E-state index contributed by atoms with van der Waals surface area (Å²) in [4.78, 5) is 40.7. The molecule has 1 heterocycles. The van der Waals surface area contributed by atoms with E-state index < -0.39 is 17.6 Å². The zero-order chi connectivity index (χ0) is 42.3. The average Bonchev–Trinajstić information content (AvgIpc) is 3.18. The number of fused-ring (bicyclic) bond motifs is 1. The Labute approximate surface area is 351 Å². The van der Waals surface area contributed by atoms with Gasteiger partial charge < -0.3 is 25.2 Å². The van der Waals surface area contributed by atoms with E-state index in [2.05, 4.69) is 105 Å². The van der Waals surface area contributed by atoms with Crippen molar-refractivity contribution in [3.8, 4) is 0 Å². The van der Waals surface area contributed by atoms with Crippen molar-refractivity contribution in [2.75, 3.05) is 13.1 Å². The van der Waals surface area contributed by atoms with E-state index in [1.54, 1.807) is 0 Å². The van der Waals surface area contributed by atoms with Crippen LogP contribution in [0.1, 0.15) is 144 Å². The van der Waals surface area contributed by atoms with Crippen LogP contribution in [0.5, 0.6) is 0 Å². The SMILES string of the molecule is CCC=CCC=CCC=CCC=CCC=CCCCC(=O)N1CCC(NC(=O)C[C@H](O)C[C@@H](O)CC[C@@H]2C3C(=C[C@H](C)CC3OC(=O)C(C)(C)CC)C=C[C@@H]2C)CC1. The second-order valence-electron chi connectivity index (χ2n) is 17.6. The molecule has 0 aromatic rings. The van der Waals surface area contributed by atoms with Crippen LogP contribution in [0.4, 0.5) is 0 Å². The maximum atomic E-state index is 13.1. The van der Waals surface area contributed by atoms with Crippen LogP contribution in [0.3, 0.4) is 0 Å². The van der Waals surface area contributed by atoms with E-state index in [1.807, 2.05) is 25.7 Å². The molecule has 2 aliphatic carbocycles. The van der Waals surface area contributed by atoms with E-state index in [4.69, 9.17) is 4.74 Å². The molecule has 0 aromatic carbocycles. The molecule has 324 valence electrons. The second-order valence-corrected chi connectivity index (χ2v) is 17.6. The number of allylic oxidation sites excluding steroid dienone is 13. The fraction of sp³-hybridized carbons (Fsp3) is 0.660. The molecule has 0 spiro atoms. The minimum Gasteiger partial charge on any atom is -0.461 e. The number of aliphatic hydroxyl groups excluding tert-OH is 2. The predicted molar refractivity (Wildman–Crippen MR) is 238 cm³/mol. The van der Waals surface area contributed by atoms with Crippen LogP contribution in [0, 0.1) is 29.1 Å². The lowest BCUT2D eigenvalue weighted by Gasteiger charge is -2.44. The molecule has 8 nitrogen and oxygen atoms in total. The summed E-state index contributed by atoms with van der Waals surface area (Å²) in [5, 5.41) is 24.8. The number of hydrogen-bond donors (Lipinski definition) is 3. The first-order valence-corrected chi connectivity index (χ1v) is 22.6. The van der Waals surface area contributed by atoms with Gasteiger partial charge in [-0.2, -0.15) is 0 Å². The monoisotopic (exact) mass is 803 g/mol. The van der Waals surface area contributed by atoms with Crippen LogP contribution in [0.25, 0.3) is 0 Å². The van der Waals surface area contributed by atoms with Crippen molar-refractivity contribution in [2.24, 2.45) is 29.1 Å². The molecule has 3 rings (SSSR count). The van der Waals surface area contributed by atoms with E-state index in [-0.39, 0.29) is 60.5 Å². The molecule has 1 aliphatic heterocycles. The van der Waals surface area contributed by atoms with Crippen molar-refractivity contribution >= 4 is 17.8 Å². The first-order valence-electron chi connectivity index (χ1n) is 22.6. The van der Waals surface area contributed by atoms with Crippen LogP contribution in [-0.2, 0) is 19.1 Å². The number of rotatable bonds is 24. The average molecular weight is 803 g/mol. The Bertz CT molecular complexity index is 1460. The summed E-state index contributed by atoms with van der Waals surface area (Å²) in [6.07, 6.45) is 38.0. The lowest BCUT2D eigenvalue weighted by molar-refractivity contribution is -0.164. The number of unbranched alkanes of at least 4 members (excludes halogenated alkanes) is 1. The molecule has 3 aliphatic rings. The van der Waals surface area contributed by atoms with Crippen molar-refractivity contribution in [3.63, 3.8) is 0 Å². The van der Waals surface area contributed by atoms with E-state index >= 15 is 0 Å². The number of aliphatic hydroxyl groups is 2. The number of ether oxygens (including phenoxy) is 1. The number of amides is 2. The third kappa shape index (κ3) is 17.8. The summed E-state index contributed by atoms with van der Waals surface area (Å²) >= 11 is 0. The van der Waals surface area contributed by atoms with Crippen molar-refractivity contribution in [1.82, 2.24) is 10.2 Å². The van der Waals surface area contributed by atoms with Crippen LogP contribution >= 0.6 is 0 Å². The van der Waals surface area contributed by atoms with Crippen LogP contribution in [0.15, 0.2) is 84.6 Å². The van der Waals surface area contributed by atoms with Gasteiger partial charge in [-0.1, -0.05) is 107 Å². The van der Waals surface area contributed by atoms with Crippen molar-refractivity contribution in [2.45, 2.75) is 169 Å². The smallest absolute Gasteiger partial charge is 0.311 e. The van der Waals surface area contributed by atoms with E-state index in [9.17, 15) is 24.6 Å². The topological polar surface area (TPSA) is 116 Å². The summed E-state index contributed by atoms with van der Waals surface area (Å²) < 4.78 is 6.23. The fourth-order valence-electron chi connectivity index (χ4n) is 8.23. The molecule has 7 atom stereocenters. The summed E-state index contributed by atoms with van der Waals surface area (Å²) in [7, 11) is 0. The minimum absolute atomic E-state index is 0.0266. The van der Waals surface area contributed by atoms with Gasteiger partial charge in [0.2, 0.25) is 11.8 Å². The Morgan fingerprint density at radius 1 is 0.897 bits per heavy atom. The molecular weight excluding hydrogens is 725 g/mol. The summed E-state index contributed by atoms with van der Waals surface area (Å²) in [5.74, 6) is 0.634. The Balaban J connectivity index is 1.29. The summed E-state index contributed by atoms with van der Waals surface area (Å²) in [5.41, 5.74) is 0.677. The number of hydrogen-bond acceptors (Lipinski definition) is 6. The Morgan fingerprint density at radius 2 is 1.50 bits per heavy atom. The lowest BCUT2D eigenvalue weighted by Crippen LogP contribution is -2.47. The highest BCUT2D eigenvalue weighted by Crippen LogP contribution is 2.45. The number of carbonyl (C=O) groups excluding carboxylic acids is 3. The zero-order valence-electron chi connectivity index (χ0n) is 36.8. The van der Waals surface area contributed by atoms with Gasteiger partial charge in [-0.05, 0) is 127 Å². The Morgan fingerprint density at radius 3 is 2.10 bits per heavy atom. The normalized spacial score (nSPS) is 24.2. The third-order valence-corrected chi connectivity index (χ3v) is 12.2. The third-order valence-electron chi connectivity index (χ3n) is 12.2. The molecule has 0 radical (unpaired) electrons. The number of nitrogens with one attached hydrogen (secondary N) is 1. The first kappa shape index (κ1) is 48.9. The molecule has 58 heavy (non-hydrogen) atoms. The molecular formula is C50H78N2O6. The Kier molecular flexibility index (Phi) is 22.4. The first-order chi connectivity index (χ1) is 27.8. The van der Waals surface area contributed by atoms with Gasteiger partial charge >= 0.3 is 5.97 Å². The number of esters is 1. The number of piperidine rings is 1. The molecule has 2 amide bonds. The second kappa shape index (κ2) is 26.6. The van der Waals surface area contributed by atoms with E-state index in [0.29, 0.717) is 51.1 Å². The number of carbonyl (C=O) groups is 3.